The van der Waals surface area contributed by atoms with Crippen LogP contribution < -0.4 is 5.32 Å². The summed E-state index contributed by atoms with van der Waals surface area (Å²) >= 11 is 0. The van der Waals surface area contributed by atoms with Crippen LogP contribution in [0.4, 0.5) is 5.69 Å². The van der Waals surface area contributed by atoms with Crippen LogP contribution >= 0.6 is 0 Å². The predicted octanol–water partition coefficient (Wildman–Crippen LogP) is 3.22. The number of carbonyl (C=O) groups excluding carboxylic acids is 1. The van der Waals surface area contributed by atoms with Gasteiger partial charge in [-0.15, -0.1) is 0 Å². The Kier molecular flexibility index (Phi) is 3.17. The van der Waals surface area contributed by atoms with E-state index in [9.17, 15) is 4.79 Å². The van der Waals surface area contributed by atoms with Crippen LogP contribution in [0.25, 0.3) is 0 Å². The van der Waals surface area contributed by atoms with Crippen molar-refractivity contribution in [2.24, 2.45) is 5.92 Å². The third kappa shape index (κ3) is 1.83. The lowest BCUT2D eigenvalue weighted by atomic mass is 9.62. The van der Waals surface area contributed by atoms with Crippen LogP contribution in [0.3, 0.4) is 0 Å². The number of fused-ring (bicyclic) bond motifs is 1. The molecule has 1 fully saturated rings. The van der Waals surface area contributed by atoms with Gasteiger partial charge in [0.1, 0.15) is 0 Å². The van der Waals surface area contributed by atoms with Crippen molar-refractivity contribution in [1.29, 1.82) is 0 Å². The predicted molar refractivity (Wildman–Crippen MR) is 97.2 cm³/mol. The van der Waals surface area contributed by atoms with Gasteiger partial charge in [-0.3, -0.25) is 4.90 Å². The Balaban J connectivity index is 1.76. The van der Waals surface area contributed by atoms with Crippen molar-refractivity contribution >= 4 is 11.7 Å². The van der Waals surface area contributed by atoms with E-state index in [1.165, 1.54) is 18.2 Å². The molecule has 4 nitrogen and oxygen atoms in total. The molecule has 3 heterocycles. The van der Waals surface area contributed by atoms with Gasteiger partial charge in [-0.2, -0.15) is 0 Å². The lowest BCUT2D eigenvalue weighted by Crippen LogP contribution is -2.53. The number of nitrogens with one attached hydrogen (secondary N) is 1. The van der Waals surface area contributed by atoms with E-state index < -0.39 is 0 Å². The number of esters is 1. The van der Waals surface area contributed by atoms with Gasteiger partial charge in [0, 0.05) is 30.5 Å². The Morgan fingerprint density at radius 3 is 3.04 bits per heavy atom. The molecule has 1 saturated heterocycles. The zero-order chi connectivity index (χ0) is 17.2. The first kappa shape index (κ1) is 15.2. The number of para-hydroxylation sites is 1. The minimum atomic E-state index is -0.177. The van der Waals surface area contributed by atoms with E-state index in [0.29, 0.717) is 12.0 Å². The van der Waals surface area contributed by atoms with Gasteiger partial charge in [0.25, 0.3) is 0 Å². The van der Waals surface area contributed by atoms with E-state index in [1.54, 1.807) is 0 Å². The van der Waals surface area contributed by atoms with Gasteiger partial charge in [-0.05, 0) is 36.8 Å². The second kappa shape index (κ2) is 5.21. The van der Waals surface area contributed by atoms with E-state index in [4.69, 9.17) is 4.74 Å². The molecule has 1 N–H and O–H groups in total. The number of nitrogens with zero attached hydrogens (tertiary/aromatic N) is 1. The molecule has 3 atom stereocenters. The van der Waals surface area contributed by atoms with Crippen LogP contribution in [0, 0.1) is 5.92 Å². The highest BCUT2D eigenvalue weighted by atomic mass is 16.5. The molecule has 1 aromatic rings. The largest absolute Gasteiger partial charge is 0.466 e. The van der Waals surface area contributed by atoms with E-state index in [1.807, 2.05) is 0 Å². The fourth-order valence-corrected chi connectivity index (χ4v) is 5.76. The Morgan fingerprint density at radius 1 is 1.40 bits per heavy atom. The lowest BCUT2D eigenvalue weighted by molar-refractivity contribution is -0.136. The van der Waals surface area contributed by atoms with Gasteiger partial charge in [-0.1, -0.05) is 36.8 Å². The SMILES string of the molecule is CCC1=C[C@@H]2CC(C(=O)OC)=C3Nc4ccccc4[C@]34CCN(C1)[C@H]24. The molecule has 130 valence electrons. The number of anilines is 1. The minimum Gasteiger partial charge on any atom is -0.466 e. The van der Waals surface area contributed by atoms with Crippen LogP contribution in [-0.4, -0.2) is 37.1 Å². The van der Waals surface area contributed by atoms with Crippen molar-refractivity contribution in [2.45, 2.75) is 37.6 Å². The standard InChI is InChI=1S/C21H24N2O2/c1-3-13-10-14-11-15(20(24)25-2)18-21(8-9-23(12-13)19(14)21)16-6-4-5-7-17(16)22-18/h4-7,10,14,19,22H,3,8-9,11-12H2,1-2H3/t14-,19-,21-/m1/s1. The molecular weight excluding hydrogens is 312 g/mol. The summed E-state index contributed by atoms with van der Waals surface area (Å²) in [5, 5.41) is 3.61. The van der Waals surface area contributed by atoms with Crippen LogP contribution in [-0.2, 0) is 14.9 Å². The maximum Gasteiger partial charge on any atom is 0.335 e. The average Bonchev–Trinajstić information content (AvgIpc) is 3.20. The molecule has 3 aliphatic heterocycles. The number of ether oxygens (including phenoxy) is 1. The second-order valence-corrected chi connectivity index (χ2v) is 7.70. The average molecular weight is 336 g/mol. The van der Waals surface area contributed by atoms with Gasteiger partial charge in [0.15, 0.2) is 0 Å². The maximum absolute atomic E-state index is 12.6. The van der Waals surface area contributed by atoms with E-state index in [0.717, 1.165) is 49.3 Å². The molecule has 1 aromatic carbocycles. The number of methoxy groups -OCH3 is 1. The fourth-order valence-electron chi connectivity index (χ4n) is 5.76. The molecule has 4 aliphatic rings. The van der Waals surface area contributed by atoms with Crippen LogP contribution in [0.5, 0.6) is 0 Å². The van der Waals surface area contributed by atoms with Crippen LogP contribution in [0.2, 0.25) is 0 Å². The number of rotatable bonds is 2. The highest BCUT2D eigenvalue weighted by Crippen LogP contribution is 2.60. The summed E-state index contributed by atoms with van der Waals surface area (Å²) in [5.74, 6) is 0.209. The summed E-state index contributed by atoms with van der Waals surface area (Å²) in [4.78, 5) is 15.3. The third-order valence-corrected chi connectivity index (χ3v) is 6.69. The smallest absolute Gasteiger partial charge is 0.335 e. The minimum absolute atomic E-state index is 0.0845. The van der Waals surface area contributed by atoms with E-state index >= 15 is 0 Å². The van der Waals surface area contributed by atoms with Crippen molar-refractivity contribution in [3.05, 3.63) is 52.7 Å². The highest BCUT2D eigenvalue weighted by Gasteiger charge is 2.61. The zero-order valence-corrected chi connectivity index (χ0v) is 14.8. The molecular formula is C21H24N2O2. The molecule has 4 heteroatoms. The number of hydrogen-bond donors (Lipinski definition) is 1. The third-order valence-electron chi connectivity index (χ3n) is 6.69. The summed E-state index contributed by atoms with van der Waals surface area (Å²) in [6, 6.07) is 9.02. The van der Waals surface area contributed by atoms with E-state index in [2.05, 4.69) is 47.5 Å². The molecule has 0 unspecified atom stereocenters. The molecule has 25 heavy (non-hydrogen) atoms. The van der Waals surface area contributed by atoms with Crippen LogP contribution in [0.15, 0.2) is 47.2 Å². The van der Waals surface area contributed by atoms with Gasteiger partial charge < -0.3 is 10.1 Å². The Labute approximate surface area is 148 Å². The Hall–Kier alpha value is -2.07. The second-order valence-electron chi connectivity index (χ2n) is 7.70. The monoisotopic (exact) mass is 336 g/mol. The quantitative estimate of drug-likeness (QED) is 0.665. The first-order chi connectivity index (χ1) is 12.2. The lowest BCUT2D eigenvalue weighted by Gasteiger charge is -2.47. The molecule has 0 bridgehead atoms. The molecule has 0 aromatic heterocycles. The number of benzene rings is 1. The van der Waals surface area contributed by atoms with E-state index in [-0.39, 0.29) is 11.4 Å². The van der Waals surface area contributed by atoms with Gasteiger partial charge in [0.2, 0.25) is 0 Å². The summed E-state index contributed by atoms with van der Waals surface area (Å²) in [7, 11) is 1.49. The van der Waals surface area contributed by atoms with Crippen molar-refractivity contribution < 1.29 is 9.53 Å². The van der Waals surface area contributed by atoms with Gasteiger partial charge in [-0.25, -0.2) is 4.79 Å². The maximum atomic E-state index is 12.6. The molecule has 0 amide bonds. The Bertz CT molecular complexity index is 825. The topological polar surface area (TPSA) is 41.6 Å². The normalized spacial score (nSPS) is 32.5. The first-order valence-corrected chi connectivity index (χ1v) is 9.31. The van der Waals surface area contributed by atoms with Gasteiger partial charge in [0.05, 0.1) is 18.1 Å². The van der Waals surface area contributed by atoms with Gasteiger partial charge >= 0.3 is 5.97 Å². The Morgan fingerprint density at radius 2 is 2.24 bits per heavy atom. The van der Waals surface area contributed by atoms with Crippen molar-refractivity contribution in [3.8, 4) is 0 Å². The molecule has 1 aliphatic carbocycles. The highest BCUT2D eigenvalue weighted by molar-refractivity contribution is 5.93. The summed E-state index contributed by atoms with van der Waals surface area (Å²) in [6.45, 7) is 4.39. The fraction of sp³-hybridized carbons (Fsp3) is 0.476. The van der Waals surface area contributed by atoms with Crippen molar-refractivity contribution in [1.82, 2.24) is 4.90 Å². The van der Waals surface area contributed by atoms with Crippen molar-refractivity contribution in [3.63, 3.8) is 0 Å². The first-order valence-electron chi connectivity index (χ1n) is 9.31. The number of carbonyl (C=O) groups is 1. The zero-order valence-electron chi connectivity index (χ0n) is 14.8. The summed E-state index contributed by atoms with van der Waals surface area (Å²) in [5.41, 5.74) is 5.89. The molecule has 0 saturated carbocycles. The molecule has 0 radical (unpaired) electrons. The summed E-state index contributed by atoms with van der Waals surface area (Å²) in [6.07, 6.45) is 5.38. The van der Waals surface area contributed by atoms with Crippen molar-refractivity contribution in [2.75, 3.05) is 25.5 Å². The summed E-state index contributed by atoms with van der Waals surface area (Å²) < 4.78 is 5.16. The molecule has 1 spiro atoms. The number of hydrogen-bond acceptors (Lipinski definition) is 4. The molecule has 5 rings (SSSR count). The van der Waals surface area contributed by atoms with Crippen LogP contribution in [0.1, 0.15) is 31.7 Å².